The number of nitrogens with zero attached hydrogens (tertiary/aromatic N) is 2. The second-order valence-electron chi connectivity index (χ2n) is 7.99. The summed E-state index contributed by atoms with van der Waals surface area (Å²) in [5.74, 6) is 0.434. The van der Waals surface area contributed by atoms with E-state index in [4.69, 9.17) is 0 Å². The molecule has 2 atom stereocenters. The van der Waals surface area contributed by atoms with Gasteiger partial charge in [0.25, 0.3) is 5.91 Å². The maximum Gasteiger partial charge on any atom is 0.257 e. The Hall–Kier alpha value is -1.77. The second-order valence-corrected chi connectivity index (χ2v) is 11.0. The lowest BCUT2D eigenvalue weighted by molar-refractivity contribution is 0.102. The van der Waals surface area contributed by atoms with E-state index in [9.17, 15) is 13.2 Å². The fourth-order valence-corrected chi connectivity index (χ4v) is 6.87. The number of rotatable bonds is 4. The molecule has 1 aromatic carbocycles. The van der Waals surface area contributed by atoms with E-state index in [0.717, 1.165) is 31.4 Å². The third-order valence-corrected chi connectivity index (χ3v) is 8.32. The molecule has 1 aliphatic heterocycles. The van der Waals surface area contributed by atoms with Gasteiger partial charge < -0.3 is 0 Å². The molecule has 2 heterocycles. The van der Waals surface area contributed by atoms with Crippen LogP contribution in [0.4, 0.5) is 5.13 Å². The molecule has 1 N–H and O–H groups in total. The quantitative estimate of drug-likeness (QED) is 0.822. The third-order valence-electron chi connectivity index (χ3n) is 5.41. The first kappa shape index (κ1) is 19.5. The number of nitrogens with one attached hydrogen (secondary N) is 1. The lowest BCUT2D eigenvalue weighted by Crippen LogP contribution is -2.42. The number of benzene rings is 1. The fraction of sp³-hybridized carbons (Fsp3) is 0.500. The Kier molecular flexibility index (Phi) is 5.28. The summed E-state index contributed by atoms with van der Waals surface area (Å²) in [6.45, 7) is 5.26. The summed E-state index contributed by atoms with van der Waals surface area (Å²) in [6, 6.07) is 6.19. The number of aryl methyl sites for hydroxylation is 2. The van der Waals surface area contributed by atoms with Gasteiger partial charge in [0, 0.05) is 23.5 Å². The molecular weight excluding hydrogens is 394 g/mol. The first-order valence-electron chi connectivity index (χ1n) is 9.73. The molecule has 2 aliphatic rings. The number of piperidine rings is 1. The molecule has 1 saturated heterocycles. The minimum absolute atomic E-state index is 0.235. The summed E-state index contributed by atoms with van der Waals surface area (Å²) in [4.78, 5) is 18.4. The van der Waals surface area contributed by atoms with Crippen LogP contribution in [0.3, 0.4) is 0 Å². The van der Waals surface area contributed by atoms with Crippen LogP contribution in [-0.2, 0) is 22.9 Å². The van der Waals surface area contributed by atoms with Gasteiger partial charge in [0.15, 0.2) is 5.13 Å². The third kappa shape index (κ3) is 3.86. The average molecular weight is 420 g/mol. The number of fused-ring (bicyclic) bond motifs is 1. The topological polar surface area (TPSA) is 79.4 Å². The lowest BCUT2D eigenvalue weighted by atomic mass is 9.94. The first-order valence-corrected chi connectivity index (χ1v) is 12.0. The van der Waals surface area contributed by atoms with Gasteiger partial charge in [-0.3, -0.25) is 10.1 Å². The number of hydrogen-bond acceptors (Lipinski definition) is 5. The Balaban J connectivity index is 1.47. The largest absolute Gasteiger partial charge is 0.298 e. The molecular formula is C20H25N3O3S2. The summed E-state index contributed by atoms with van der Waals surface area (Å²) in [5.41, 5.74) is 1.52. The van der Waals surface area contributed by atoms with Gasteiger partial charge in [-0.1, -0.05) is 13.8 Å². The van der Waals surface area contributed by atoms with Gasteiger partial charge in [0.05, 0.1) is 10.6 Å². The van der Waals surface area contributed by atoms with Crippen molar-refractivity contribution in [1.29, 1.82) is 0 Å². The van der Waals surface area contributed by atoms with Crippen LogP contribution in [0.25, 0.3) is 0 Å². The molecule has 1 aliphatic carbocycles. The molecule has 0 spiro atoms. The number of anilines is 1. The molecule has 1 aromatic heterocycles. The highest BCUT2D eigenvalue weighted by Gasteiger charge is 2.31. The van der Waals surface area contributed by atoms with Gasteiger partial charge in [0.2, 0.25) is 10.0 Å². The van der Waals surface area contributed by atoms with Crippen LogP contribution in [-0.4, -0.2) is 36.7 Å². The van der Waals surface area contributed by atoms with Crippen molar-refractivity contribution in [2.75, 3.05) is 18.4 Å². The van der Waals surface area contributed by atoms with Crippen molar-refractivity contribution in [3.05, 3.63) is 40.4 Å². The number of amides is 1. The monoisotopic (exact) mass is 419 g/mol. The predicted molar refractivity (Wildman–Crippen MR) is 110 cm³/mol. The number of carbonyl (C=O) groups is 1. The summed E-state index contributed by atoms with van der Waals surface area (Å²) < 4.78 is 27.5. The van der Waals surface area contributed by atoms with Crippen molar-refractivity contribution >= 4 is 32.4 Å². The SMILES string of the molecule is CC1CC(C)CN(S(=O)(=O)c2ccc(C(=O)Nc3nc4c(s3)CCC4)cc2)C1. The van der Waals surface area contributed by atoms with Crippen molar-refractivity contribution in [2.45, 2.75) is 44.4 Å². The van der Waals surface area contributed by atoms with E-state index in [1.54, 1.807) is 16.4 Å². The standard InChI is InChI=1S/C20H25N3O3S2/c1-13-10-14(2)12-23(11-13)28(25,26)16-8-6-15(7-9-16)19(24)22-20-21-17-4-3-5-18(17)27-20/h6-9,13-14H,3-5,10-12H2,1-2H3,(H,21,22,24). The van der Waals surface area contributed by atoms with Gasteiger partial charge in [-0.2, -0.15) is 4.31 Å². The Bertz CT molecular complexity index is 951. The molecule has 0 radical (unpaired) electrons. The van der Waals surface area contributed by atoms with Gasteiger partial charge in [-0.25, -0.2) is 13.4 Å². The molecule has 1 fully saturated rings. The number of hydrogen-bond donors (Lipinski definition) is 1. The van der Waals surface area contributed by atoms with E-state index < -0.39 is 10.0 Å². The molecule has 2 aromatic rings. The molecule has 28 heavy (non-hydrogen) atoms. The number of carbonyl (C=O) groups excluding carboxylic acids is 1. The maximum atomic E-state index is 12.9. The van der Waals surface area contributed by atoms with Crippen LogP contribution < -0.4 is 5.32 Å². The van der Waals surface area contributed by atoms with Crippen molar-refractivity contribution in [1.82, 2.24) is 9.29 Å². The van der Waals surface area contributed by atoms with Gasteiger partial charge >= 0.3 is 0 Å². The van der Waals surface area contributed by atoms with Crippen molar-refractivity contribution in [3.8, 4) is 0 Å². The van der Waals surface area contributed by atoms with E-state index in [-0.39, 0.29) is 10.8 Å². The number of sulfonamides is 1. The molecule has 0 saturated carbocycles. The molecule has 2 unspecified atom stereocenters. The Morgan fingerprint density at radius 1 is 1.14 bits per heavy atom. The average Bonchev–Trinajstić information content (AvgIpc) is 3.22. The van der Waals surface area contributed by atoms with E-state index in [0.29, 0.717) is 35.6 Å². The minimum atomic E-state index is -3.54. The predicted octanol–water partition coefficient (Wildman–Crippen LogP) is 3.55. The molecule has 8 heteroatoms. The van der Waals surface area contributed by atoms with Gasteiger partial charge in [-0.05, 0) is 61.8 Å². The zero-order valence-electron chi connectivity index (χ0n) is 16.1. The summed E-state index contributed by atoms with van der Waals surface area (Å²) in [7, 11) is -3.54. The van der Waals surface area contributed by atoms with E-state index in [1.807, 2.05) is 0 Å². The Morgan fingerprint density at radius 3 is 2.46 bits per heavy atom. The summed E-state index contributed by atoms with van der Waals surface area (Å²) in [6.07, 6.45) is 4.18. The fourth-order valence-electron chi connectivity index (χ4n) is 4.14. The molecule has 150 valence electrons. The summed E-state index contributed by atoms with van der Waals surface area (Å²) >= 11 is 1.53. The van der Waals surface area contributed by atoms with E-state index >= 15 is 0 Å². The van der Waals surface area contributed by atoms with Crippen LogP contribution >= 0.6 is 11.3 Å². The van der Waals surface area contributed by atoms with Gasteiger partial charge in [0.1, 0.15) is 0 Å². The second kappa shape index (κ2) is 7.57. The van der Waals surface area contributed by atoms with Crippen LogP contribution in [0.15, 0.2) is 29.2 Å². The zero-order chi connectivity index (χ0) is 19.9. The highest BCUT2D eigenvalue weighted by Crippen LogP contribution is 2.31. The normalized spacial score (nSPS) is 22.8. The van der Waals surface area contributed by atoms with E-state index in [2.05, 4.69) is 24.1 Å². The zero-order valence-corrected chi connectivity index (χ0v) is 17.8. The molecule has 6 nitrogen and oxygen atoms in total. The lowest BCUT2D eigenvalue weighted by Gasteiger charge is -2.34. The van der Waals surface area contributed by atoms with Crippen LogP contribution in [0, 0.1) is 11.8 Å². The Labute approximate surface area is 170 Å². The van der Waals surface area contributed by atoms with Crippen molar-refractivity contribution in [2.24, 2.45) is 11.8 Å². The van der Waals surface area contributed by atoms with Gasteiger partial charge in [-0.15, -0.1) is 11.3 Å². The smallest absolute Gasteiger partial charge is 0.257 e. The van der Waals surface area contributed by atoms with Crippen LogP contribution in [0.5, 0.6) is 0 Å². The highest BCUT2D eigenvalue weighted by molar-refractivity contribution is 7.89. The Morgan fingerprint density at radius 2 is 1.82 bits per heavy atom. The van der Waals surface area contributed by atoms with Crippen molar-refractivity contribution in [3.63, 3.8) is 0 Å². The minimum Gasteiger partial charge on any atom is -0.298 e. The number of aromatic nitrogens is 1. The number of thiazole rings is 1. The molecule has 0 bridgehead atoms. The van der Waals surface area contributed by atoms with Crippen LogP contribution in [0.2, 0.25) is 0 Å². The van der Waals surface area contributed by atoms with Crippen LogP contribution in [0.1, 0.15) is 47.6 Å². The highest BCUT2D eigenvalue weighted by atomic mass is 32.2. The first-order chi connectivity index (χ1) is 13.3. The molecule has 4 rings (SSSR count). The van der Waals surface area contributed by atoms with E-state index in [1.165, 1.54) is 28.3 Å². The summed E-state index contributed by atoms with van der Waals surface area (Å²) in [5, 5.41) is 3.44. The molecule has 1 amide bonds. The van der Waals surface area contributed by atoms with Crippen molar-refractivity contribution < 1.29 is 13.2 Å². The maximum absolute atomic E-state index is 12.9.